The number of imide groups is 1. The molecule has 4 rings (SSSR count). The van der Waals surface area contributed by atoms with Gasteiger partial charge in [-0.3, -0.25) is 13.8 Å². The summed E-state index contributed by atoms with van der Waals surface area (Å²) >= 11 is 0.454. The molecule has 204 valence electrons. The van der Waals surface area contributed by atoms with Crippen LogP contribution in [0.3, 0.4) is 0 Å². The Morgan fingerprint density at radius 2 is 1.40 bits per heavy atom. The van der Waals surface area contributed by atoms with Gasteiger partial charge in [0, 0.05) is 9.79 Å². The SMILES string of the molecule is CSc1ccc(C(O)(c2ccc(CCC(=O)ON3C(=O)CC(S(=O)[O-])C3=O)cc2)c2ccc(SC)cc2)cc1.[Na+]. The van der Waals surface area contributed by atoms with Crippen LogP contribution in [0.15, 0.2) is 82.6 Å². The summed E-state index contributed by atoms with van der Waals surface area (Å²) in [5.74, 6) is -2.78. The van der Waals surface area contributed by atoms with Gasteiger partial charge in [0.25, 0.3) is 11.8 Å². The summed E-state index contributed by atoms with van der Waals surface area (Å²) in [5.41, 5.74) is 1.43. The molecule has 0 saturated carbocycles. The van der Waals surface area contributed by atoms with Gasteiger partial charge in [-0.05, 0) is 76.5 Å². The molecule has 0 bridgehead atoms. The van der Waals surface area contributed by atoms with Crippen molar-refractivity contribution in [2.75, 3.05) is 12.5 Å². The van der Waals surface area contributed by atoms with Crippen LogP contribution < -0.4 is 29.6 Å². The zero-order valence-corrected chi connectivity index (χ0v) is 26.6. The topological polar surface area (TPSA) is 124 Å². The van der Waals surface area contributed by atoms with E-state index in [4.69, 9.17) is 4.84 Å². The smallest absolute Gasteiger partial charge is 0.772 e. The van der Waals surface area contributed by atoms with Gasteiger partial charge in [-0.15, -0.1) is 28.6 Å². The predicted octanol–water partition coefficient (Wildman–Crippen LogP) is 0.816. The number of hydroxylamine groups is 2. The second-order valence-electron chi connectivity index (χ2n) is 8.81. The molecule has 8 nitrogen and oxygen atoms in total. The molecule has 1 heterocycles. The summed E-state index contributed by atoms with van der Waals surface area (Å²) in [6, 6.07) is 22.7. The van der Waals surface area contributed by atoms with Crippen LogP contribution in [0.25, 0.3) is 0 Å². The Kier molecular flexibility index (Phi) is 11.6. The number of aliphatic hydroxyl groups is 1. The van der Waals surface area contributed by atoms with Crippen molar-refractivity contribution in [1.82, 2.24) is 5.06 Å². The van der Waals surface area contributed by atoms with Crippen molar-refractivity contribution >= 4 is 52.4 Å². The van der Waals surface area contributed by atoms with Crippen LogP contribution in [0.1, 0.15) is 35.1 Å². The standard InChI is InChI=1S/C28H27NO7S3.Na/c1-37-22-12-8-20(9-13-22)28(33,21-10-14-23(38-2)15-11-21)19-6-3-18(4-7-19)5-16-26(31)36-29-25(30)17-24(27(29)32)39(34)35;/h3-4,6-15,24,33H,5,16-17H2,1-2H3,(H,34,35);/q;+1/p-1. The van der Waals surface area contributed by atoms with Gasteiger partial charge >= 0.3 is 35.5 Å². The number of rotatable bonds is 10. The number of carbonyl (C=O) groups is 3. The van der Waals surface area contributed by atoms with E-state index in [0.29, 0.717) is 16.7 Å². The summed E-state index contributed by atoms with van der Waals surface area (Å²) in [6.45, 7) is 0. The average molecular weight is 608 g/mol. The Bertz CT molecular complexity index is 1340. The van der Waals surface area contributed by atoms with E-state index in [-0.39, 0.29) is 47.5 Å². The second kappa shape index (κ2) is 14.3. The van der Waals surface area contributed by atoms with Crippen LogP contribution in [0.5, 0.6) is 0 Å². The van der Waals surface area contributed by atoms with Crippen LogP contribution in [0.2, 0.25) is 0 Å². The monoisotopic (exact) mass is 607 g/mol. The van der Waals surface area contributed by atoms with Crippen LogP contribution in [0, 0.1) is 0 Å². The fourth-order valence-electron chi connectivity index (χ4n) is 4.30. The van der Waals surface area contributed by atoms with Crippen molar-refractivity contribution in [3.63, 3.8) is 0 Å². The van der Waals surface area contributed by atoms with Crippen molar-refractivity contribution in [1.29, 1.82) is 0 Å². The molecule has 12 heteroatoms. The number of carbonyl (C=O) groups excluding carboxylic acids is 3. The molecule has 1 saturated heterocycles. The minimum atomic E-state index is -2.78. The molecule has 2 unspecified atom stereocenters. The van der Waals surface area contributed by atoms with Crippen molar-refractivity contribution in [2.45, 2.75) is 39.9 Å². The normalized spacial score (nSPS) is 16.0. The molecule has 0 radical (unpaired) electrons. The van der Waals surface area contributed by atoms with Crippen molar-refractivity contribution in [3.05, 3.63) is 95.1 Å². The number of thioether (sulfide) groups is 2. The Balaban J connectivity index is 0.00000441. The van der Waals surface area contributed by atoms with Crippen LogP contribution in [-0.4, -0.2) is 54.5 Å². The molecule has 1 N–H and O–H groups in total. The van der Waals surface area contributed by atoms with Crippen molar-refractivity contribution in [2.24, 2.45) is 0 Å². The van der Waals surface area contributed by atoms with Gasteiger partial charge in [-0.2, -0.15) is 0 Å². The molecule has 40 heavy (non-hydrogen) atoms. The summed E-state index contributed by atoms with van der Waals surface area (Å²) < 4.78 is 22.2. The maximum atomic E-state index is 12.3. The van der Waals surface area contributed by atoms with Crippen molar-refractivity contribution in [3.8, 4) is 0 Å². The molecule has 1 aliphatic heterocycles. The molecule has 2 atom stereocenters. The first-order valence-corrected chi connectivity index (χ1v) is 15.5. The fraction of sp³-hybridized carbons (Fsp3) is 0.250. The van der Waals surface area contributed by atoms with Gasteiger partial charge in [0.05, 0.1) is 12.8 Å². The van der Waals surface area contributed by atoms with Crippen LogP contribution >= 0.6 is 23.5 Å². The van der Waals surface area contributed by atoms with E-state index in [2.05, 4.69) is 0 Å². The molecule has 3 aromatic rings. The summed E-state index contributed by atoms with van der Waals surface area (Å²) in [4.78, 5) is 43.2. The van der Waals surface area contributed by atoms with E-state index in [9.17, 15) is 28.3 Å². The van der Waals surface area contributed by atoms with Gasteiger partial charge in [-0.1, -0.05) is 48.5 Å². The number of hydrogen-bond acceptors (Lipinski definition) is 9. The summed E-state index contributed by atoms with van der Waals surface area (Å²) in [6.07, 6.45) is 3.53. The third-order valence-electron chi connectivity index (χ3n) is 6.49. The third-order valence-corrected chi connectivity index (χ3v) is 8.81. The largest absolute Gasteiger partial charge is 1.00 e. The first-order chi connectivity index (χ1) is 18.7. The van der Waals surface area contributed by atoms with E-state index in [0.717, 1.165) is 15.4 Å². The van der Waals surface area contributed by atoms with Gasteiger partial charge < -0.3 is 14.5 Å². The maximum Gasteiger partial charge on any atom is 1.00 e. The number of amides is 2. The zero-order chi connectivity index (χ0) is 28.2. The fourth-order valence-corrected chi connectivity index (χ4v) is 5.66. The molecule has 1 fully saturated rings. The van der Waals surface area contributed by atoms with Crippen molar-refractivity contribution < 1.29 is 62.6 Å². The predicted molar refractivity (Wildman–Crippen MR) is 149 cm³/mol. The Morgan fingerprint density at radius 1 is 0.950 bits per heavy atom. The number of nitrogens with zero attached hydrogens (tertiary/aromatic N) is 1. The van der Waals surface area contributed by atoms with Crippen LogP contribution in [-0.2, 0) is 42.3 Å². The molecule has 3 aromatic carbocycles. The Hall–Kier alpha value is -1.96. The van der Waals surface area contributed by atoms with Gasteiger partial charge in [0.1, 0.15) is 10.9 Å². The first-order valence-electron chi connectivity index (χ1n) is 11.9. The molecular formula is C28H26NNaO7S3. The van der Waals surface area contributed by atoms with E-state index in [1.54, 1.807) is 47.8 Å². The second-order valence-corrected chi connectivity index (χ2v) is 11.7. The van der Waals surface area contributed by atoms with Gasteiger partial charge in [0.15, 0.2) is 0 Å². The number of benzene rings is 3. The Labute approximate surface area is 265 Å². The zero-order valence-electron chi connectivity index (χ0n) is 22.2. The maximum absolute atomic E-state index is 12.3. The van der Waals surface area contributed by atoms with Gasteiger partial charge in [-0.25, -0.2) is 4.79 Å². The average Bonchev–Trinajstić information content (AvgIpc) is 3.24. The quantitative estimate of drug-likeness (QED) is 0.117. The van der Waals surface area contributed by atoms with E-state index in [1.165, 1.54) is 0 Å². The molecule has 0 spiro atoms. The molecule has 2 amide bonds. The summed E-state index contributed by atoms with van der Waals surface area (Å²) in [5, 5.41) is 10.8. The minimum absolute atomic E-state index is 0. The molecule has 1 aliphatic rings. The number of hydrogen-bond donors (Lipinski definition) is 1. The van der Waals surface area contributed by atoms with Crippen LogP contribution in [0.4, 0.5) is 0 Å². The summed E-state index contributed by atoms with van der Waals surface area (Å²) in [7, 11) is 0. The molecule has 0 aromatic heterocycles. The number of aryl methyl sites for hydroxylation is 1. The first kappa shape index (κ1) is 32.6. The third kappa shape index (κ3) is 7.08. The molecular weight excluding hydrogens is 581 g/mol. The van der Waals surface area contributed by atoms with Gasteiger partial charge in [0.2, 0.25) is 0 Å². The molecule has 0 aliphatic carbocycles. The minimum Gasteiger partial charge on any atom is -0.772 e. The van der Waals surface area contributed by atoms with E-state index >= 15 is 0 Å². The van der Waals surface area contributed by atoms with E-state index in [1.807, 2.05) is 61.0 Å². The Morgan fingerprint density at radius 3 is 1.80 bits per heavy atom. The van der Waals surface area contributed by atoms with E-state index < -0.39 is 46.1 Å².